The molecule has 0 atom stereocenters. The van der Waals surface area contributed by atoms with Gasteiger partial charge in [-0.05, 0) is 31.9 Å². The van der Waals surface area contributed by atoms with E-state index in [4.69, 9.17) is 0 Å². The van der Waals surface area contributed by atoms with Crippen molar-refractivity contribution in [3.63, 3.8) is 0 Å². The Morgan fingerprint density at radius 1 is 1.27 bits per heavy atom. The molecule has 0 aliphatic rings. The summed E-state index contributed by atoms with van der Waals surface area (Å²) in [4.78, 5) is 10.8. The molecule has 0 aliphatic heterocycles. The van der Waals surface area contributed by atoms with Crippen molar-refractivity contribution in [2.45, 2.75) is 20.3 Å². The van der Waals surface area contributed by atoms with Gasteiger partial charge in [0.2, 0.25) is 0 Å². The fourth-order valence-corrected chi connectivity index (χ4v) is 1.40. The number of benzene rings is 1. The van der Waals surface area contributed by atoms with Crippen LogP contribution in [-0.4, -0.2) is 12.3 Å². The van der Waals surface area contributed by atoms with Crippen molar-refractivity contribution in [2.24, 2.45) is 0 Å². The third-order valence-corrected chi connectivity index (χ3v) is 2.08. The van der Waals surface area contributed by atoms with Gasteiger partial charge in [-0.25, -0.2) is 0 Å². The summed E-state index contributed by atoms with van der Waals surface area (Å²) in [7, 11) is 0. The number of nitrogens with one attached hydrogen (secondary N) is 1. The van der Waals surface area contributed by atoms with Gasteiger partial charge in [-0.1, -0.05) is 30.3 Å². The lowest BCUT2D eigenvalue weighted by atomic mass is 10.1. The largest absolute Gasteiger partial charge is 0.388 e. The molecule has 0 aromatic heterocycles. The van der Waals surface area contributed by atoms with Gasteiger partial charge in [0.15, 0.2) is 5.78 Å². The van der Waals surface area contributed by atoms with Crippen LogP contribution in [0.3, 0.4) is 0 Å². The molecular formula is C13H17NO. The lowest BCUT2D eigenvalue weighted by molar-refractivity contribution is -0.112. The number of hydrogen-bond acceptors (Lipinski definition) is 2. The van der Waals surface area contributed by atoms with Crippen LogP contribution in [0.5, 0.6) is 0 Å². The molecule has 0 saturated heterocycles. The van der Waals surface area contributed by atoms with Crippen molar-refractivity contribution in [3.8, 4) is 0 Å². The molecule has 0 spiro atoms. The fraction of sp³-hybridized carbons (Fsp3) is 0.308. The second-order valence-corrected chi connectivity index (χ2v) is 3.60. The van der Waals surface area contributed by atoms with Gasteiger partial charge in [0.1, 0.15) is 0 Å². The number of carbonyl (C=O) groups is 1. The quantitative estimate of drug-likeness (QED) is 0.744. The Labute approximate surface area is 91.0 Å². The molecule has 0 radical (unpaired) electrons. The van der Waals surface area contributed by atoms with Crippen LogP contribution in [0.15, 0.2) is 42.1 Å². The van der Waals surface area contributed by atoms with Gasteiger partial charge in [0.25, 0.3) is 0 Å². The topological polar surface area (TPSA) is 29.1 Å². The van der Waals surface area contributed by atoms with Gasteiger partial charge in [-0.15, -0.1) is 0 Å². The normalized spacial score (nSPS) is 11.2. The zero-order valence-electron chi connectivity index (χ0n) is 9.29. The Kier molecular flexibility index (Phi) is 4.61. The molecule has 2 nitrogen and oxygen atoms in total. The molecule has 0 aliphatic carbocycles. The lowest BCUT2D eigenvalue weighted by Gasteiger charge is -2.05. The molecule has 1 N–H and O–H groups in total. The van der Waals surface area contributed by atoms with Crippen LogP contribution < -0.4 is 5.32 Å². The first-order valence-electron chi connectivity index (χ1n) is 5.15. The third-order valence-electron chi connectivity index (χ3n) is 2.08. The fourth-order valence-electron chi connectivity index (χ4n) is 1.40. The van der Waals surface area contributed by atoms with Crippen LogP contribution in [0.4, 0.5) is 0 Å². The van der Waals surface area contributed by atoms with E-state index in [1.54, 1.807) is 13.0 Å². The highest BCUT2D eigenvalue weighted by molar-refractivity contribution is 5.87. The highest BCUT2D eigenvalue weighted by Crippen LogP contribution is 1.98. The van der Waals surface area contributed by atoms with Crippen molar-refractivity contribution in [2.75, 3.05) is 6.54 Å². The first kappa shape index (κ1) is 11.5. The van der Waals surface area contributed by atoms with Crippen LogP contribution >= 0.6 is 0 Å². The van der Waals surface area contributed by atoms with E-state index in [1.807, 2.05) is 25.1 Å². The van der Waals surface area contributed by atoms with Crippen LogP contribution in [0, 0.1) is 0 Å². The Morgan fingerprint density at radius 2 is 1.93 bits per heavy atom. The van der Waals surface area contributed by atoms with E-state index in [2.05, 4.69) is 17.4 Å². The summed E-state index contributed by atoms with van der Waals surface area (Å²) >= 11 is 0. The van der Waals surface area contributed by atoms with Gasteiger partial charge < -0.3 is 5.32 Å². The Morgan fingerprint density at radius 3 is 2.53 bits per heavy atom. The second-order valence-electron chi connectivity index (χ2n) is 3.60. The Hall–Kier alpha value is -1.57. The molecular weight excluding hydrogens is 186 g/mol. The van der Waals surface area contributed by atoms with E-state index < -0.39 is 0 Å². The molecule has 0 fully saturated rings. The van der Waals surface area contributed by atoms with Gasteiger partial charge >= 0.3 is 0 Å². The minimum Gasteiger partial charge on any atom is -0.388 e. The first-order valence-corrected chi connectivity index (χ1v) is 5.15. The summed E-state index contributed by atoms with van der Waals surface area (Å²) in [5.74, 6) is 0.0831. The van der Waals surface area contributed by atoms with Crippen molar-refractivity contribution in [1.82, 2.24) is 5.32 Å². The average Bonchev–Trinajstić information content (AvgIpc) is 2.18. The van der Waals surface area contributed by atoms with Gasteiger partial charge in [0.05, 0.1) is 0 Å². The monoisotopic (exact) mass is 203 g/mol. The number of carbonyl (C=O) groups excluding carboxylic acids is 1. The predicted octanol–water partition coefficient (Wildman–Crippen LogP) is 2.31. The van der Waals surface area contributed by atoms with E-state index in [0.29, 0.717) is 0 Å². The SMILES string of the molecule is CC(=O)C=C(C)NCCc1ccccc1. The molecule has 0 amide bonds. The van der Waals surface area contributed by atoms with Crippen LogP contribution in [-0.2, 0) is 11.2 Å². The average molecular weight is 203 g/mol. The van der Waals surface area contributed by atoms with Gasteiger partial charge in [0, 0.05) is 12.2 Å². The van der Waals surface area contributed by atoms with E-state index in [0.717, 1.165) is 18.7 Å². The molecule has 1 aromatic carbocycles. The molecule has 0 heterocycles. The molecule has 15 heavy (non-hydrogen) atoms. The smallest absolute Gasteiger partial charge is 0.154 e. The molecule has 0 saturated carbocycles. The van der Waals surface area contributed by atoms with Crippen molar-refractivity contribution in [3.05, 3.63) is 47.7 Å². The molecule has 0 bridgehead atoms. The number of ketones is 1. The summed E-state index contributed by atoms with van der Waals surface area (Å²) < 4.78 is 0. The molecule has 0 unspecified atom stereocenters. The van der Waals surface area contributed by atoms with E-state index >= 15 is 0 Å². The standard InChI is InChI=1S/C13H17NO/c1-11(10-12(2)15)14-9-8-13-6-4-3-5-7-13/h3-7,10,14H,8-9H2,1-2H3. The summed E-state index contributed by atoms with van der Waals surface area (Å²) in [6, 6.07) is 10.3. The van der Waals surface area contributed by atoms with Crippen molar-refractivity contribution >= 4 is 5.78 Å². The summed E-state index contributed by atoms with van der Waals surface area (Å²) in [5.41, 5.74) is 2.24. The van der Waals surface area contributed by atoms with Crippen LogP contribution in [0.1, 0.15) is 19.4 Å². The molecule has 1 aromatic rings. The van der Waals surface area contributed by atoms with E-state index in [1.165, 1.54) is 5.56 Å². The lowest BCUT2D eigenvalue weighted by Crippen LogP contribution is -2.15. The first-order chi connectivity index (χ1) is 7.18. The summed E-state index contributed by atoms with van der Waals surface area (Å²) in [6.07, 6.45) is 2.59. The van der Waals surface area contributed by atoms with Crippen LogP contribution in [0.25, 0.3) is 0 Å². The summed E-state index contributed by atoms with van der Waals surface area (Å²) in [6.45, 7) is 4.33. The van der Waals surface area contributed by atoms with Crippen LogP contribution in [0.2, 0.25) is 0 Å². The third kappa shape index (κ3) is 5.01. The van der Waals surface area contributed by atoms with Gasteiger partial charge in [-0.2, -0.15) is 0 Å². The number of allylic oxidation sites excluding steroid dienone is 2. The van der Waals surface area contributed by atoms with Gasteiger partial charge in [-0.3, -0.25) is 4.79 Å². The number of hydrogen-bond donors (Lipinski definition) is 1. The maximum Gasteiger partial charge on any atom is 0.154 e. The molecule has 2 heteroatoms. The second kappa shape index (κ2) is 6.02. The minimum atomic E-state index is 0.0831. The van der Waals surface area contributed by atoms with E-state index in [9.17, 15) is 4.79 Å². The highest BCUT2D eigenvalue weighted by atomic mass is 16.1. The highest BCUT2D eigenvalue weighted by Gasteiger charge is 1.93. The zero-order valence-corrected chi connectivity index (χ0v) is 9.29. The maximum atomic E-state index is 10.8. The summed E-state index contributed by atoms with van der Waals surface area (Å²) in [5, 5.41) is 3.20. The van der Waals surface area contributed by atoms with Crippen molar-refractivity contribution < 1.29 is 4.79 Å². The predicted molar refractivity (Wildman–Crippen MR) is 62.6 cm³/mol. The minimum absolute atomic E-state index is 0.0831. The molecule has 80 valence electrons. The van der Waals surface area contributed by atoms with Crippen molar-refractivity contribution in [1.29, 1.82) is 0 Å². The molecule has 1 rings (SSSR count). The zero-order chi connectivity index (χ0) is 11.1. The van der Waals surface area contributed by atoms with E-state index in [-0.39, 0.29) is 5.78 Å². The maximum absolute atomic E-state index is 10.8. The Balaban J connectivity index is 2.31. The Bertz CT molecular complexity index is 341. The number of rotatable bonds is 5.